The van der Waals surface area contributed by atoms with Crippen LogP contribution in [0.25, 0.3) is 0 Å². The Morgan fingerprint density at radius 3 is 2.35 bits per heavy atom. The van der Waals surface area contributed by atoms with Crippen molar-refractivity contribution in [1.82, 2.24) is 0 Å². The smallest absolute Gasteiger partial charge is 0.393 e. The van der Waals surface area contributed by atoms with Crippen molar-refractivity contribution < 1.29 is 27.8 Å². The van der Waals surface area contributed by atoms with Gasteiger partial charge in [0.2, 0.25) is 0 Å². The van der Waals surface area contributed by atoms with E-state index in [9.17, 15) is 23.1 Å². The molecule has 26 heavy (non-hydrogen) atoms. The Kier molecular flexibility index (Phi) is 9.37. The molecule has 2 unspecified atom stereocenters. The zero-order valence-corrected chi connectivity index (χ0v) is 14.8. The number of benzene rings is 1. The highest BCUT2D eigenvalue weighted by Gasteiger charge is 2.27. The molecular formula is C19H26F3NO3. The predicted octanol–water partition coefficient (Wildman–Crippen LogP) is 3.31. The minimum Gasteiger partial charge on any atom is -0.465 e. The van der Waals surface area contributed by atoms with Crippen molar-refractivity contribution in [2.45, 2.75) is 57.3 Å². The largest absolute Gasteiger partial charge is 0.465 e. The molecule has 0 aliphatic rings. The summed E-state index contributed by atoms with van der Waals surface area (Å²) in [6.07, 6.45) is 0.132. The third kappa shape index (κ3) is 9.01. The molecule has 0 radical (unpaired) electrons. The normalized spacial score (nSPS) is 14.4. The lowest BCUT2D eigenvalue weighted by atomic mass is 10.0. The van der Waals surface area contributed by atoms with Gasteiger partial charge < -0.3 is 15.6 Å². The van der Waals surface area contributed by atoms with Gasteiger partial charge in [-0.1, -0.05) is 36.4 Å². The number of ether oxygens (including phenoxy) is 1. The number of carbonyl (C=O) groups is 1. The topological polar surface area (TPSA) is 72.5 Å². The first-order chi connectivity index (χ1) is 12.2. The van der Waals surface area contributed by atoms with E-state index in [1.54, 1.807) is 19.1 Å². The number of alkyl halides is 3. The molecule has 0 aliphatic carbocycles. The number of hydrogen-bond acceptors (Lipinski definition) is 4. The van der Waals surface area contributed by atoms with Crippen molar-refractivity contribution in [2.24, 2.45) is 5.73 Å². The van der Waals surface area contributed by atoms with Crippen LogP contribution in [0.5, 0.6) is 0 Å². The number of rotatable bonds is 10. The van der Waals surface area contributed by atoms with Crippen molar-refractivity contribution in [3.05, 3.63) is 47.5 Å². The van der Waals surface area contributed by atoms with E-state index in [1.807, 2.05) is 12.2 Å². The summed E-state index contributed by atoms with van der Waals surface area (Å²) in [7, 11) is 0. The molecule has 1 aromatic rings. The summed E-state index contributed by atoms with van der Waals surface area (Å²) in [6.45, 7) is 1.89. The van der Waals surface area contributed by atoms with E-state index >= 15 is 0 Å². The summed E-state index contributed by atoms with van der Waals surface area (Å²) in [5.74, 6) is -0.613. The van der Waals surface area contributed by atoms with Crippen LogP contribution in [0.15, 0.2) is 36.4 Å². The number of carbonyl (C=O) groups excluding carboxylic acids is 1. The first-order valence-corrected chi connectivity index (χ1v) is 8.62. The Hall–Kier alpha value is -1.86. The maximum Gasteiger partial charge on any atom is 0.393 e. The van der Waals surface area contributed by atoms with E-state index < -0.39 is 30.7 Å². The lowest BCUT2D eigenvalue weighted by molar-refractivity contribution is -0.147. The van der Waals surface area contributed by atoms with E-state index in [1.165, 1.54) is 12.1 Å². The molecule has 0 aliphatic heterocycles. The fraction of sp³-hybridized carbons (Fsp3) is 0.526. The van der Waals surface area contributed by atoms with Crippen molar-refractivity contribution in [3.8, 4) is 0 Å². The number of aliphatic hydroxyl groups is 1. The molecular weight excluding hydrogens is 347 g/mol. The van der Waals surface area contributed by atoms with Gasteiger partial charge in [-0.3, -0.25) is 4.79 Å². The quantitative estimate of drug-likeness (QED) is 0.488. The fourth-order valence-electron chi connectivity index (χ4n) is 2.38. The summed E-state index contributed by atoms with van der Waals surface area (Å²) in [6, 6.07) is 5.37. The molecule has 146 valence electrons. The van der Waals surface area contributed by atoms with E-state index in [4.69, 9.17) is 10.5 Å². The van der Waals surface area contributed by atoms with Gasteiger partial charge in [0, 0.05) is 0 Å². The SMILES string of the molecule is CCOC(=O)C(N)C(O)CCC=CCCc1ccc(CC(F)(F)F)cc1. The molecule has 4 nitrogen and oxygen atoms in total. The Morgan fingerprint density at radius 2 is 1.77 bits per heavy atom. The summed E-state index contributed by atoms with van der Waals surface area (Å²) < 4.78 is 41.6. The maximum absolute atomic E-state index is 12.3. The predicted molar refractivity (Wildman–Crippen MR) is 93.5 cm³/mol. The van der Waals surface area contributed by atoms with Crippen LogP contribution >= 0.6 is 0 Å². The van der Waals surface area contributed by atoms with Gasteiger partial charge in [0.15, 0.2) is 0 Å². The summed E-state index contributed by atoms with van der Waals surface area (Å²) in [5, 5.41) is 9.82. The van der Waals surface area contributed by atoms with Crippen molar-refractivity contribution in [2.75, 3.05) is 6.61 Å². The van der Waals surface area contributed by atoms with Crippen LogP contribution in [0, 0.1) is 0 Å². The first-order valence-electron chi connectivity index (χ1n) is 8.62. The van der Waals surface area contributed by atoms with E-state index in [0.29, 0.717) is 19.3 Å². The van der Waals surface area contributed by atoms with Crippen LogP contribution in [-0.2, 0) is 22.4 Å². The van der Waals surface area contributed by atoms with Gasteiger partial charge in [0.1, 0.15) is 6.04 Å². The van der Waals surface area contributed by atoms with Crippen molar-refractivity contribution >= 4 is 5.97 Å². The second-order valence-electron chi connectivity index (χ2n) is 6.04. The Morgan fingerprint density at radius 1 is 1.19 bits per heavy atom. The molecule has 7 heteroatoms. The van der Waals surface area contributed by atoms with E-state index in [2.05, 4.69) is 0 Å². The minimum absolute atomic E-state index is 0.219. The van der Waals surface area contributed by atoms with Gasteiger partial charge in [-0.2, -0.15) is 13.2 Å². The zero-order valence-electron chi connectivity index (χ0n) is 14.8. The summed E-state index contributed by atoms with van der Waals surface area (Å²) in [4.78, 5) is 11.4. The molecule has 0 heterocycles. The number of nitrogens with two attached hydrogens (primary N) is 1. The highest BCUT2D eigenvalue weighted by molar-refractivity contribution is 5.76. The van der Waals surface area contributed by atoms with Crippen LogP contribution in [0.2, 0.25) is 0 Å². The molecule has 0 spiro atoms. The number of aliphatic hydroxyl groups excluding tert-OH is 1. The Labute approximate surface area is 151 Å². The molecule has 0 saturated carbocycles. The maximum atomic E-state index is 12.3. The average molecular weight is 373 g/mol. The van der Waals surface area contributed by atoms with Gasteiger partial charge >= 0.3 is 12.1 Å². The van der Waals surface area contributed by atoms with Gasteiger partial charge in [-0.25, -0.2) is 0 Å². The number of hydrogen-bond donors (Lipinski definition) is 2. The van der Waals surface area contributed by atoms with Crippen LogP contribution in [0.1, 0.15) is 37.3 Å². The van der Waals surface area contributed by atoms with Crippen LogP contribution < -0.4 is 5.73 Å². The van der Waals surface area contributed by atoms with Crippen LogP contribution in [0.4, 0.5) is 13.2 Å². The molecule has 3 N–H and O–H groups in total. The van der Waals surface area contributed by atoms with Crippen LogP contribution in [-0.4, -0.2) is 36.0 Å². The number of halogens is 3. The van der Waals surface area contributed by atoms with Gasteiger partial charge in [0.05, 0.1) is 19.1 Å². The molecule has 0 fully saturated rings. The molecule has 0 aromatic heterocycles. The molecule has 1 rings (SSSR count). The standard InChI is InChI=1S/C19H26F3NO3/c1-2-26-18(25)17(23)16(24)8-6-4-3-5-7-14-9-11-15(12-10-14)13-19(20,21)22/h3-4,9-12,16-17,24H,2,5-8,13,23H2,1H3. The molecule has 0 bridgehead atoms. The third-order valence-electron chi connectivity index (χ3n) is 3.80. The zero-order chi connectivity index (χ0) is 19.6. The molecule has 0 amide bonds. The second kappa shape index (κ2) is 11.0. The second-order valence-corrected chi connectivity index (χ2v) is 6.04. The van der Waals surface area contributed by atoms with Gasteiger partial charge in [0.25, 0.3) is 0 Å². The van der Waals surface area contributed by atoms with E-state index in [-0.39, 0.29) is 12.2 Å². The van der Waals surface area contributed by atoms with Crippen LogP contribution in [0.3, 0.4) is 0 Å². The monoisotopic (exact) mass is 373 g/mol. The summed E-state index contributed by atoms with van der Waals surface area (Å²) >= 11 is 0. The van der Waals surface area contributed by atoms with Crippen molar-refractivity contribution in [3.63, 3.8) is 0 Å². The number of esters is 1. The Bertz CT molecular complexity index is 570. The number of allylic oxidation sites excluding steroid dienone is 2. The average Bonchev–Trinajstić information content (AvgIpc) is 2.57. The summed E-state index contributed by atoms with van der Waals surface area (Å²) in [5.41, 5.74) is 6.81. The Balaban J connectivity index is 2.27. The molecule has 0 saturated heterocycles. The molecule has 1 aromatic carbocycles. The lowest BCUT2D eigenvalue weighted by Gasteiger charge is -2.16. The highest BCUT2D eigenvalue weighted by Crippen LogP contribution is 2.21. The van der Waals surface area contributed by atoms with Crippen molar-refractivity contribution in [1.29, 1.82) is 0 Å². The number of aryl methyl sites for hydroxylation is 1. The van der Waals surface area contributed by atoms with Gasteiger partial charge in [-0.15, -0.1) is 0 Å². The minimum atomic E-state index is -4.19. The van der Waals surface area contributed by atoms with Gasteiger partial charge in [-0.05, 0) is 43.7 Å². The third-order valence-corrected chi connectivity index (χ3v) is 3.80. The first kappa shape index (κ1) is 22.2. The lowest BCUT2D eigenvalue weighted by Crippen LogP contribution is -2.42. The van der Waals surface area contributed by atoms with E-state index in [0.717, 1.165) is 12.0 Å². The highest BCUT2D eigenvalue weighted by atomic mass is 19.4. The fourth-order valence-corrected chi connectivity index (χ4v) is 2.38. The molecule has 2 atom stereocenters.